The van der Waals surface area contributed by atoms with E-state index in [1.165, 1.54) is 58.4 Å². The molecule has 0 saturated carbocycles. The fourth-order valence-electron chi connectivity index (χ4n) is 4.29. The Kier molecular flexibility index (Phi) is 2.65. The third-order valence-corrected chi connectivity index (χ3v) is 5.16. The number of rotatable bonds is 1. The van der Waals surface area contributed by atoms with Crippen LogP contribution in [0.2, 0.25) is 0 Å². The molecule has 4 bridgehead atoms. The molecule has 5 rings (SSSR count). The zero-order chi connectivity index (χ0) is 11.2. The van der Waals surface area contributed by atoms with Gasteiger partial charge in [-0.3, -0.25) is 0 Å². The highest BCUT2D eigenvalue weighted by molar-refractivity contribution is 4.94. The smallest absolute Gasteiger partial charge is 0.0290 e. The molecule has 0 aromatic rings. The van der Waals surface area contributed by atoms with Gasteiger partial charge in [0.2, 0.25) is 0 Å². The van der Waals surface area contributed by atoms with E-state index in [1.54, 1.807) is 0 Å². The topological polar surface area (TPSA) is 30.5 Å². The molecule has 17 heavy (non-hydrogen) atoms. The molecule has 0 radical (unpaired) electrons. The molecule has 4 atom stereocenters. The van der Waals surface area contributed by atoms with Crippen molar-refractivity contribution in [2.24, 2.45) is 5.92 Å². The van der Waals surface area contributed by atoms with Crippen molar-refractivity contribution >= 4 is 0 Å². The van der Waals surface area contributed by atoms with Crippen molar-refractivity contribution < 1.29 is 0 Å². The fraction of sp³-hybridized carbons (Fsp3) is 1.00. The van der Waals surface area contributed by atoms with Crippen molar-refractivity contribution in [3.05, 3.63) is 0 Å². The SMILES string of the molecule is C1CC2CCC(CN2N2CC3CNC(C3)C2)N1. The standard InChI is InChI=1S/C13H24N4/c1-2-13-3-4-14-11(1)9-17(13)16-7-10-5-12(8-16)15-6-10/h10-15H,1-9H2. The van der Waals surface area contributed by atoms with E-state index in [0.717, 1.165) is 24.0 Å². The minimum atomic E-state index is 0.751. The molecule has 0 amide bonds. The molecule has 5 aliphatic rings. The van der Waals surface area contributed by atoms with Crippen LogP contribution in [0.15, 0.2) is 0 Å². The molecule has 0 aliphatic carbocycles. The second-order valence-electron chi connectivity index (χ2n) is 6.37. The summed E-state index contributed by atoms with van der Waals surface area (Å²) < 4.78 is 0. The first kappa shape index (κ1) is 10.7. The third-order valence-electron chi connectivity index (χ3n) is 5.16. The number of piperidine rings is 2. The van der Waals surface area contributed by atoms with Gasteiger partial charge >= 0.3 is 0 Å². The molecule has 5 fully saturated rings. The van der Waals surface area contributed by atoms with Crippen molar-refractivity contribution in [3.63, 3.8) is 0 Å². The molecule has 4 nitrogen and oxygen atoms in total. The van der Waals surface area contributed by atoms with Crippen LogP contribution in [0, 0.1) is 5.92 Å². The van der Waals surface area contributed by atoms with Gasteiger partial charge in [-0.1, -0.05) is 0 Å². The lowest BCUT2D eigenvalue weighted by Crippen LogP contribution is -2.58. The van der Waals surface area contributed by atoms with Crippen molar-refractivity contribution in [2.45, 2.75) is 43.8 Å². The Balaban J connectivity index is 1.50. The Morgan fingerprint density at radius 1 is 0.882 bits per heavy atom. The Morgan fingerprint density at radius 2 is 1.88 bits per heavy atom. The second-order valence-corrected chi connectivity index (χ2v) is 6.37. The molecule has 2 N–H and O–H groups in total. The molecule has 96 valence electrons. The first-order valence-electron chi connectivity index (χ1n) is 7.37. The largest absolute Gasteiger partial charge is 0.313 e. The Hall–Kier alpha value is -0.160. The summed E-state index contributed by atoms with van der Waals surface area (Å²) in [6, 6.07) is 2.34. The van der Waals surface area contributed by atoms with Crippen molar-refractivity contribution in [3.8, 4) is 0 Å². The molecule has 5 heterocycles. The van der Waals surface area contributed by atoms with E-state index < -0.39 is 0 Å². The molecule has 0 aromatic carbocycles. The maximum absolute atomic E-state index is 3.70. The predicted octanol–water partition coefficient (Wildman–Crippen LogP) is 0.0214. The van der Waals surface area contributed by atoms with Crippen LogP contribution in [-0.4, -0.2) is 60.9 Å². The van der Waals surface area contributed by atoms with Crippen LogP contribution in [0.4, 0.5) is 0 Å². The van der Waals surface area contributed by atoms with Gasteiger partial charge < -0.3 is 10.6 Å². The number of nitrogens with one attached hydrogen (secondary N) is 2. The van der Waals surface area contributed by atoms with Crippen molar-refractivity contribution in [1.29, 1.82) is 0 Å². The summed E-state index contributed by atoms with van der Waals surface area (Å²) in [6.45, 7) is 6.28. The summed E-state index contributed by atoms with van der Waals surface area (Å²) in [5, 5.41) is 12.8. The van der Waals surface area contributed by atoms with Crippen molar-refractivity contribution in [1.82, 2.24) is 20.7 Å². The molecule has 0 aromatic heterocycles. The first-order valence-corrected chi connectivity index (χ1v) is 7.37. The molecule has 5 saturated heterocycles. The van der Waals surface area contributed by atoms with Gasteiger partial charge in [0.05, 0.1) is 0 Å². The van der Waals surface area contributed by atoms with E-state index in [9.17, 15) is 0 Å². The van der Waals surface area contributed by atoms with Crippen LogP contribution in [0.25, 0.3) is 0 Å². The lowest BCUT2D eigenvalue weighted by molar-refractivity contribution is -0.0969. The molecule has 5 aliphatic heterocycles. The summed E-state index contributed by atoms with van der Waals surface area (Å²) in [5.74, 6) is 0.906. The highest BCUT2D eigenvalue weighted by atomic mass is 15.6. The van der Waals surface area contributed by atoms with Gasteiger partial charge in [-0.05, 0) is 44.7 Å². The first-order chi connectivity index (χ1) is 8.38. The average Bonchev–Trinajstić information content (AvgIpc) is 2.60. The zero-order valence-electron chi connectivity index (χ0n) is 10.6. The Labute approximate surface area is 104 Å². The second kappa shape index (κ2) is 4.19. The monoisotopic (exact) mass is 236 g/mol. The van der Waals surface area contributed by atoms with Crippen LogP contribution in [-0.2, 0) is 0 Å². The maximum Gasteiger partial charge on any atom is 0.0290 e. The fourth-order valence-corrected chi connectivity index (χ4v) is 4.29. The number of nitrogens with zero attached hydrogens (tertiary/aromatic N) is 2. The van der Waals surface area contributed by atoms with E-state index >= 15 is 0 Å². The minimum absolute atomic E-state index is 0.751. The quantitative estimate of drug-likeness (QED) is 0.672. The number of hydrazine groups is 1. The Bertz CT molecular complexity index is 279. The summed E-state index contributed by atoms with van der Waals surface area (Å²) >= 11 is 0. The van der Waals surface area contributed by atoms with Crippen molar-refractivity contribution in [2.75, 3.05) is 32.7 Å². The Morgan fingerprint density at radius 3 is 2.82 bits per heavy atom. The van der Waals surface area contributed by atoms with Crippen LogP contribution in [0.1, 0.15) is 25.7 Å². The molecule has 0 spiro atoms. The lowest BCUT2D eigenvalue weighted by atomic mass is 9.98. The summed E-state index contributed by atoms with van der Waals surface area (Å²) in [7, 11) is 0. The third kappa shape index (κ3) is 1.91. The normalized spacial score (nSPS) is 47.3. The molecular formula is C13H24N4. The van der Waals surface area contributed by atoms with Crippen LogP contribution in [0.3, 0.4) is 0 Å². The van der Waals surface area contributed by atoms with E-state index in [4.69, 9.17) is 0 Å². The van der Waals surface area contributed by atoms with Crippen LogP contribution in [0.5, 0.6) is 0 Å². The highest BCUT2D eigenvalue weighted by Gasteiger charge is 2.40. The summed E-state index contributed by atoms with van der Waals surface area (Å²) in [6.07, 6.45) is 5.55. The molecular weight excluding hydrogens is 212 g/mol. The van der Waals surface area contributed by atoms with Gasteiger partial charge in [-0.2, -0.15) is 0 Å². The van der Waals surface area contributed by atoms with Crippen LogP contribution >= 0.6 is 0 Å². The number of hydrogen-bond acceptors (Lipinski definition) is 4. The minimum Gasteiger partial charge on any atom is -0.313 e. The summed E-state index contributed by atoms with van der Waals surface area (Å²) in [4.78, 5) is 0. The maximum atomic E-state index is 3.70. The van der Waals surface area contributed by atoms with Gasteiger partial charge in [-0.25, -0.2) is 10.0 Å². The van der Waals surface area contributed by atoms with E-state index in [2.05, 4.69) is 20.7 Å². The van der Waals surface area contributed by atoms with Crippen LogP contribution < -0.4 is 10.6 Å². The lowest BCUT2D eigenvalue weighted by Gasteiger charge is -2.46. The van der Waals surface area contributed by atoms with Gasteiger partial charge in [0, 0.05) is 37.8 Å². The number of hydrogen-bond donors (Lipinski definition) is 2. The number of fused-ring (bicyclic) bond motifs is 6. The molecule has 4 heteroatoms. The van der Waals surface area contributed by atoms with Gasteiger partial charge in [0.15, 0.2) is 0 Å². The van der Waals surface area contributed by atoms with E-state index in [0.29, 0.717) is 0 Å². The predicted molar refractivity (Wildman–Crippen MR) is 67.6 cm³/mol. The molecule has 4 unspecified atom stereocenters. The van der Waals surface area contributed by atoms with Gasteiger partial charge in [0.25, 0.3) is 0 Å². The summed E-state index contributed by atoms with van der Waals surface area (Å²) in [5.41, 5.74) is 0. The average molecular weight is 236 g/mol. The van der Waals surface area contributed by atoms with Gasteiger partial charge in [-0.15, -0.1) is 0 Å². The van der Waals surface area contributed by atoms with E-state index in [1.807, 2.05) is 0 Å². The highest BCUT2D eigenvalue weighted by Crippen LogP contribution is 2.29. The van der Waals surface area contributed by atoms with E-state index in [-0.39, 0.29) is 0 Å². The zero-order valence-corrected chi connectivity index (χ0v) is 10.6. The van der Waals surface area contributed by atoms with Gasteiger partial charge in [0.1, 0.15) is 0 Å².